The lowest BCUT2D eigenvalue weighted by Crippen LogP contribution is -2.59. The highest BCUT2D eigenvalue weighted by Gasteiger charge is 2.41. The van der Waals surface area contributed by atoms with Crippen LogP contribution in [0.2, 0.25) is 0 Å². The van der Waals surface area contributed by atoms with Gasteiger partial charge >= 0.3 is 0 Å². The molecule has 1 fully saturated rings. The zero-order chi connectivity index (χ0) is 10.0. The lowest BCUT2D eigenvalue weighted by atomic mass is 9.93. The van der Waals surface area contributed by atoms with Crippen LogP contribution in [-0.4, -0.2) is 41.6 Å². The maximum absolute atomic E-state index is 8.72. The zero-order valence-electron chi connectivity index (χ0n) is 7.59. The van der Waals surface area contributed by atoms with Gasteiger partial charge in [0.15, 0.2) is 0 Å². The van der Waals surface area contributed by atoms with E-state index in [9.17, 15) is 0 Å². The van der Waals surface area contributed by atoms with E-state index >= 15 is 0 Å². The van der Waals surface area contributed by atoms with Gasteiger partial charge in [-0.2, -0.15) is 5.10 Å². The number of aliphatic hydroxyl groups excluding tert-OH is 1. The predicted molar refractivity (Wildman–Crippen MR) is 53.9 cm³/mol. The fourth-order valence-electron chi connectivity index (χ4n) is 1.49. The maximum Gasteiger partial charge on any atom is 0.134 e. The standard InChI is InChI=1S/C8H12BrN3O2/c9-7-3-6(11-12-7)8(4-10-5-8)14-2-1-13/h3,10,13H,1-2,4-5H2,(H,11,12). The SMILES string of the molecule is OCCOC1(c2cc(Br)n[nH]2)CNC1. The van der Waals surface area contributed by atoms with Gasteiger partial charge in [-0.05, 0) is 22.0 Å². The Morgan fingerprint density at radius 2 is 2.43 bits per heavy atom. The normalized spacial score (nSPS) is 19.3. The van der Waals surface area contributed by atoms with E-state index in [0.29, 0.717) is 6.61 Å². The average Bonchev–Trinajstić information content (AvgIpc) is 2.51. The number of nitrogens with zero attached hydrogens (tertiary/aromatic N) is 1. The molecule has 3 N–H and O–H groups in total. The molecule has 2 heterocycles. The summed E-state index contributed by atoms with van der Waals surface area (Å²) < 4.78 is 6.38. The Morgan fingerprint density at radius 1 is 1.64 bits per heavy atom. The van der Waals surface area contributed by atoms with E-state index < -0.39 is 0 Å². The molecule has 1 saturated heterocycles. The fraction of sp³-hybridized carbons (Fsp3) is 0.625. The lowest BCUT2D eigenvalue weighted by Gasteiger charge is -2.41. The van der Waals surface area contributed by atoms with Crippen LogP contribution in [-0.2, 0) is 10.3 Å². The largest absolute Gasteiger partial charge is 0.394 e. The Hall–Kier alpha value is -0.430. The van der Waals surface area contributed by atoms with Crippen molar-refractivity contribution in [1.29, 1.82) is 0 Å². The summed E-state index contributed by atoms with van der Waals surface area (Å²) in [7, 11) is 0. The molecule has 5 nitrogen and oxygen atoms in total. The minimum atomic E-state index is -0.332. The quantitative estimate of drug-likeness (QED) is 0.713. The van der Waals surface area contributed by atoms with Crippen molar-refractivity contribution in [2.45, 2.75) is 5.60 Å². The highest BCUT2D eigenvalue weighted by atomic mass is 79.9. The van der Waals surface area contributed by atoms with Gasteiger partial charge in [0.25, 0.3) is 0 Å². The number of hydrogen-bond donors (Lipinski definition) is 3. The van der Waals surface area contributed by atoms with Crippen molar-refractivity contribution in [3.05, 3.63) is 16.4 Å². The summed E-state index contributed by atoms with van der Waals surface area (Å²) in [6.45, 7) is 1.89. The van der Waals surface area contributed by atoms with Crippen LogP contribution >= 0.6 is 15.9 Å². The molecule has 78 valence electrons. The molecule has 0 radical (unpaired) electrons. The Morgan fingerprint density at radius 3 is 2.86 bits per heavy atom. The molecule has 0 aliphatic carbocycles. The summed E-state index contributed by atoms with van der Waals surface area (Å²) >= 11 is 3.28. The van der Waals surface area contributed by atoms with Crippen LogP contribution in [0.1, 0.15) is 5.69 Å². The first-order chi connectivity index (χ1) is 6.77. The van der Waals surface area contributed by atoms with Crippen molar-refractivity contribution in [1.82, 2.24) is 15.5 Å². The van der Waals surface area contributed by atoms with Crippen LogP contribution in [0.4, 0.5) is 0 Å². The van der Waals surface area contributed by atoms with Crippen molar-refractivity contribution < 1.29 is 9.84 Å². The van der Waals surface area contributed by atoms with Gasteiger partial charge in [-0.15, -0.1) is 0 Å². The van der Waals surface area contributed by atoms with Crippen molar-refractivity contribution in [2.75, 3.05) is 26.3 Å². The van der Waals surface area contributed by atoms with Gasteiger partial charge in [-0.3, -0.25) is 5.10 Å². The molecule has 0 aromatic carbocycles. The minimum Gasteiger partial charge on any atom is -0.394 e. The summed E-state index contributed by atoms with van der Waals surface area (Å²) in [5, 5.41) is 18.8. The van der Waals surface area contributed by atoms with E-state index in [4.69, 9.17) is 9.84 Å². The van der Waals surface area contributed by atoms with Gasteiger partial charge in [0.1, 0.15) is 10.2 Å². The molecule has 6 heteroatoms. The van der Waals surface area contributed by atoms with E-state index in [2.05, 4.69) is 31.4 Å². The second kappa shape index (κ2) is 3.98. The van der Waals surface area contributed by atoms with Gasteiger partial charge < -0.3 is 15.2 Å². The Kier molecular flexibility index (Phi) is 2.87. The Labute approximate surface area is 90.0 Å². The number of nitrogens with one attached hydrogen (secondary N) is 2. The second-order valence-corrected chi connectivity index (χ2v) is 4.09. The molecule has 1 aliphatic rings. The molecule has 1 aliphatic heterocycles. The first-order valence-electron chi connectivity index (χ1n) is 4.44. The second-order valence-electron chi connectivity index (χ2n) is 3.27. The number of rotatable bonds is 4. The monoisotopic (exact) mass is 261 g/mol. The van der Waals surface area contributed by atoms with Crippen LogP contribution in [0.5, 0.6) is 0 Å². The molecule has 0 atom stereocenters. The number of aromatic amines is 1. The average molecular weight is 262 g/mol. The Bertz CT molecular complexity index is 311. The van der Waals surface area contributed by atoms with Crippen LogP contribution in [0.25, 0.3) is 0 Å². The molecular formula is C8H12BrN3O2. The molecule has 0 saturated carbocycles. The topological polar surface area (TPSA) is 70.2 Å². The molecule has 0 amide bonds. The third-order valence-corrected chi connectivity index (χ3v) is 2.73. The van der Waals surface area contributed by atoms with Gasteiger partial charge in [0.2, 0.25) is 0 Å². The van der Waals surface area contributed by atoms with Gasteiger partial charge in [-0.25, -0.2) is 0 Å². The minimum absolute atomic E-state index is 0.0387. The van der Waals surface area contributed by atoms with Crippen molar-refractivity contribution in [3.63, 3.8) is 0 Å². The summed E-state index contributed by atoms with van der Waals surface area (Å²) in [5.41, 5.74) is 0.610. The van der Waals surface area contributed by atoms with Crippen molar-refractivity contribution >= 4 is 15.9 Å². The molecule has 1 aromatic heterocycles. The number of hydrogen-bond acceptors (Lipinski definition) is 4. The number of halogens is 1. The van der Waals surface area contributed by atoms with Crippen molar-refractivity contribution in [2.24, 2.45) is 0 Å². The number of aromatic nitrogens is 2. The summed E-state index contributed by atoms with van der Waals surface area (Å²) in [6.07, 6.45) is 0. The first kappa shape index (κ1) is 10.1. The molecule has 0 spiro atoms. The molecule has 2 rings (SSSR count). The number of aliphatic hydroxyl groups is 1. The highest BCUT2D eigenvalue weighted by Crippen LogP contribution is 2.29. The molecular weight excluding hydrogens is 250 g/mol. The van der Waals surface area contributed by atoms with Gasteiger partial charge in [0.05, 0.1) is 18.9 Å². The fourth-order valence-corrected chi connectivity index (χ4v) is 1.81. The first-order valence-corrected chi connectivity index (χ1v) is 5.23. The summed E-state index contributed by atoms with van der Waals surface area (Å²) in [4.78, 5) is 0. The van der Waals surface area contributed by atoms with E-state index in [0.717, 1.165) is 23.4 Å². The Balaban J connectivity index is 2.11. The van der Waals surface area contributed by atoms with Gasteiger partial charge in [0, 0.05) is 13.1 Å². The number of ether oxygens (including phenoxy) is 1. The van der Waals surface area contributed by atoms with E-state index in [-0.39, 0.29) is 12.2 Å². The molecule has 14 heavy (non-hydrogen) atoms. The van der Waals surface area contributed by atoms with E-state index in [1.54, 1.807) is 0 Å². The number of H-pyrrole nitrogens is 1. The third-order valence-electron chi connectivity index (χ3n) is 2.33. The van der Waals surface area contributed by atoms with Gasteiger partial charge in [-0.1, -0.05) is 0 Å². The van der Waals surface area contributed by atoms with E-state index in [1.807, 2.05) is 6.07 Å². The van der Waals surface area contributed by atoms with Crippen LogP contribution < -0.4 is 5.32 Å². The lowest BCUT2D eigenvalue weighted by molar-refractivity contribution is -0.0987. The smallest absolute Gasteiger partial charge is 0.134 e. The predicted octanol–water partition coefficient (Wildman–Crippen LogP) is -0.0204. The maximum atomic E-state index is 8.72. The zero-order valence-corrected chi connectivity index (χ0v) is 9.17. The molecule has 1 aromatic rings. The van der Waals surface area contributed by atoms with Crippen LogP contribution in [0, 0.1) is 0 Å². The van der Waals surface area contributed by atoms with E-state index in [1.165, 1.54) is 0 Å². The highest BCUT2D eigenvalue weighted by molar-refractivity contribution is 9.10. The molecule has 0 unspecified atom stereocenters. The van der Waals surface area contributed by atoms with Crippen LogP contribution in [0.15, 0.2) is 10.7 Å². The van der Waals surface area contributed by atoms with Crippen molar-refractivity contribution in [3.8, 4) is 0 Å². The third kappa shape index (κ3) is 1.70. The van der Waals surface area contributed by atoms with Crippen LogP contribution in [0.3, 0.4) is 0 Å². The molecule has 0 bridgehead atoms. The summed E-state index contributed by atoms with van der Waals surface area (Å²) in [6, 6.07) is 1.90. The summed E-state index contributed by atoms with van der Waals surface area (Å²) in [5.74, 6) is 0.